The molecule has 0 aliphatic heterocycles. The second-order valence-corrected chi connectivity index (χ2v) is 6.02. The normalized spacial score (nSPS) is 10.3. The maximum Gasteiger partial charge on any atom is 0.374 e. The molecule has 3 rings (SSSR count). The van der Waals surface area contributed by atoms with E-state index >= 15 is 0 Å². The Morgan fingerprint density at radius 1 is 1.14 bits per heavy atom. The standard InChI is InChI=1S/C21H16N2O5/c1-14-7-8-18-16(11-14)17(24)12-19(28-18)21(26)27-13-20(25)23(10-9-22)15-5-3-2-4-6-15/h2-8,11-12H,10,13H2,1H3. The van der Waals surface area contributed by atoms with Crippen LogP contribution in [0.5, 0.6) is 0 Å². The van der Waals surface area contributed by atoms with Crippen LogP contribution in [0.2, 0.25) is 0 Å². The number of carbonyl (C=O) groups excluding carboxylic acids is 2. The van der Waals surface area contributed by atoms with Gasteiger partial charge in [-0.2, -0.15) is 5.26 Å². The number of carbonyl (C=O) groups is 2. The van der Waals surface area contributed by atoms with Gasteiger partial charge in [-0.1, -0.05) is 29.8 Å². The molecular weight excluding hydrogens is 360 g/mol. The van der Waals surface area contributed by atoms with Gasteiger partial charge in [0.25, 0.3) is 5.91 Å². The summed E-state index contributed by atoms with van der Waals surface area (Å²) in [5.74, 6) is -1.79. The summed E-state index contributed by atoms with van der Waals surface area (Å²) in [4.78, 5) is 38.0. The van der Waals surface area contributed by atoms with Crippen molar-refractivity contribution in [3.63, 3.8) is 0 Å². The summed E-state index contributed by atoms with van der Waals surface area (Å²) in [5, 5.41) is 9.31. The minimum Gasteiger partial charge on any atom is -0.450 e. The molecule has 0 N–H and O–H groups in total. The van der Waals surface area contributed by atoms with Gasteiger partial charge in [-0.3, -0.25) is 14.5 Å². The third-order valence-electron chi connectivity index (χ3n) is 4.01. The lowest BCUT2D eigenvalue weighted by Crippen LogP contribution is -2.35. The number of para-hydroxylation sites is 1. The van der Waals surface area contributed by atoms with E-state index in [1.54, 1.807) is 48.5 Å². The van der Waals surface area contributed by atoms with Crippen LogP contribution in [-0.4, -0.2) is 25.0 Å². The molecule has 0 bridgehead atoms. The maximum absolute atomic E-state index is 12.4. The van der Waals surface area contributed by atoms with Crippen LogP contribution in [0, 0.1) is 18.3 Å². The van der Waals surface area contributed by atoms with Crippen molar-refractivity contribution in [2.45, 2.75) is 6.92 Å². The molecule has 1 heterocycles. The molecule has 7 heteroatoms. The molecule has 28 heavy (non-hydrogen) atoms. The van der Waals surface area contributed by atoms with E-state index in [4.69, 9.17) is 14.4 Å². The Hall–Kier alpha value is -3.92. The predicted molar refractivity (Wildman–Crippen MR) is 102 cm³/mol. The van der Waals surface area contributed by atoms with Crippen molar-refractivity contribution in [1.82, 2.24) is 0 Å². The van der Waals surface area contributed by atoms with Gasteiger partial charge in [0.2, 0.25) is 5.76 Å². The predicted octanol–water partition coefficient (Wildman–Crippen LogP) is 2.82. The summed E-state index contributed by atoms with van der Waals surface area (Å²) in [7, 11) is 0. The highest BCUT2D eigenvalue weighted by Gasteiger charge is 2.20. The molecule has 3 aromatic rings. The van der Waals surface area contributed by atoms with Gasteiger partial charge in [0.05, 0.1) is 11.5 Å². The van der Waals surface area contributed by atoms with Crippen LogP contribution in [0.25, 0.3) is 11.0 Å². The van der Waals surface area contributed by atoms with Crippen molar-refractivity contribution in [2.24, 2.45) is 0 Å². The lowest BCUT2D eigenvalue weighted by molar-refractivity contribution is -0.121. The number of nitrogens with zero attached hydrogens (tertiary/aromatic N) is 2. The van der Waals surface area contributed by atoms with E-state index in [1.807, 2.05) is 13.0 Å². The molecule has 0 spiro atoms. The SMILES string of the molecule is Cc1ccc2oc(C(=O)OCC(=O)N(CC#N)c3ccccc3)cc(=O)c2c1. The van der Waals surface area contributed by atoms with Gasteiger partial charge in [-0.25, -0.2) is 4.79 Å². The summed E-state index contributed by atoms with van der Waals surface area (Å²) in [5.41, 5.74) is 1.28. The van der Waals surface area contributed by atoms with Crippen LogP contribution in [0.4, 0.5) is 5.69 Å². The van der Waals surface area contributed by atoms with Crippen molar-refractivity contribution in [3.05, 3.63) is 76.1 Å². The Bertz CT molecular complexity index is 1130. The van der Waals surface area contributed by atoms with E-state index in [0.717, 1.165) is 11.6 Å². The molecule has 0 aliphatic rings. The van der Waals surface area contributed by atoms with Crippen LogP contribution < -0.4 is 10.3 Å². The zero-order chi connectivity index (χ0) is 20.1. The topological polar surface area (TPSA) is 101 Å². The van der Waals surface area contributed by atoms with Crippen molar-refractivity contribution in [1.29, 1.82) is 5.26 Å². The third-order valence-corrected chi connectivity index (χ3v) is 4.01. The smallest absolute Gasteiger partial charge is 0.374 e. The quantitative estimate of drug-likeness (QED) is 0.501. The van der Waals surface area contributed by atoms with E-state index in [9.17, 15) is 14.4 Å². The molecule has 0 saturated carbocycles. The van der Waals surface area contributed by atoms with Crippen LogP contribution in [-0.2, 0) is 9.53 Å². The first kappa shape index (κ1) is 18.9. The number of esters is 1. The van der Waals surface area contributed by atoms with Crippen molar-refractivity contribution in [2.75, 3.05) is 18.1 Å². The number of benzene rings is 2. The van der Waals surface area contributed by atoms with E-state index in [1.165, 1.54) is 4.90 Å². The molecule has 140 valence electrons. The molecule has 7 nitrogen and oxygen atoms in total. The van der Waals surface area contributed by atoms with E-state index < -0.39 is 18.5 Å². The lowest BCUT2D eigenvalue weighted by atomic mass is 10.1. The fraction of sp³-hybridized carbons (Fsp3) is 0.143. The largest absolute Gasteiger partial charge is 0.450 e. The van der Waals surface area contributed by atoms with Crippen molar-refractivity contribution < 1.29 is 18.7 Å². The highest BCUT2D eigenvalue weighted by molar-refractivity contribution is 5.97. The second-order valence-electron chi connectivity index (χ2n) is 6.02. The average Bonchev–Trinajstić information content (AvgIpc) is 2.71. The number of aryl methyl sites for hydroxylation is 1. The molecule has 0 fully saturated rings. The monoisotopic (exact) mass is 376 g/mol. The molecule has 0 unspecified atom stereocenters. The minimum absolute atomic E-state index is 0.190. The number of hydrogen-bond acceptors (Lipinski definition) is 6. The van der Waals surface area contributed by atoms with Gasteiger partial charge in [-0.15, -0.1) is 0 Å². The van der Waals surface area contributed by atoms with Crippen LogP contribution in [0.15, 0.2) is 63.8 Å². The summed E-state index contributed by atoms with van der Waals surface area (Å²) in [6.45, 7) is 1.06. The number of ether oxygens (including phenoxy) is 1. The number of fused-ring (bicyclic) bond motifs is 1. The highest BCUT2D eigenvalue weighted by atomic mass is 16.5. The van der Waals surface area contributed by atoms with Crippen LogP contribution in [0.1, 0.15) is 16.1 Å². The van der Waals surface area contributed by atoms with Gasteiger partial charge in [0, 0.05) is 11.8 Å². The fourth-order valence-electron chi connectivity index (χ4n) is 2.65. The fourth-order valence-corrected chi connectivity index (χ4v) is 2.65. The molecule has 1 aromatic heterocycles. The second kappa shape index (κ2) is 8.18. The number of amides is 1. The first-order chi connectivity index (χ1) is 13.5. The van der Waals surface area contributed by atoms with Crippen molar-refractivity contribution >= 4 is 28.5 Å². The molecule has 0 aliphatic carbocycles. The minimum atomic E-state index is -0.933. The van der Waals surface area contributed by atoms with Gasteiger partial charge in [0.1, 0.15) is 12.1 Å². The van der Waals surface area contributed by atoms with Crippen molar-refractivity contribution in [3.8, 4) is 6.07 Å². The summed E-state index contributed by atoms with van der Waals surface area (Å²) >= 11 is 0. The maximum atomic E-state index is 12.4. The molecular formula is C21H16N2O5. The third kappa shape index (κ3) is 4.07. The Morgan fingerprint density at radius 2 is 1.89 bits per heavy atom. The summed E-state index contributed by atoms with van der Waals surface area (Å²) < 4.78 is 10.4. The molecule has 2 aromatic carbocycles. The van der Waals surface area contributed by atoms with E-state index in [0.29, 0.717) is 11.1 Å². The lowest BCUT2D eigenvalue weighted by Gasteiger charge is -2.19. The Morgan fingerprint density at radius 3 is 2.61 bits per heavy atom. The van der Waals surface area contributed by atoms with Gasteiger partial charge < -0.3 is 9.15 Å². The molecule has 0 radical (unpaired) electrons. The molecule has 0 saturated heterocycles. The number of anilines is 1. The van der Waals surface area contributed by atoms with Gasteiger partial charge in [-0.05, 0) is 31.2 Å². The van der Waals surface area contributed by atoms with Gasteiger partial charge >= 0.3 is 5.97 Å². The average molecular weight is 376 g/mol. The zero-order valence-electron chi connectivity index (χ0n) is 15.0. The summed E-state index contributed by atoms with van der Waals surface area (Å²) in [6.07, 6.45) is 0. The van der Waals surface area contributed by atoms with E-state index in [2.05, 4.69) is 0 Å². The number of nitriles is 1. The van der Waals surface area contributed by atoms with Crippen LogP contribution in [0.3, 0.4) is 0 Å². The molecule has 1 amide bonds. The number of rotatable bonds is 5. The first-order valence-corrected chi connectivity index (χ1v) is 8.43. The highest BCUT2D eigenvalue weighted by Crippen LogP contribution is 2.16. The zero-order valence-corrected chi connectivity index (χ0v) is 15.0. The molecule has 0 atom stereocenters. The Labute approximate surface area is 160 Å². The first-order valence-electron chi connectivity index (χ1n) is 8.43. The van der Waals surface area contributed by atoms with Gasteiger partial charge in [0.15, 0.2) is 12.0 Å². The van der Waals surface area contributed by atoms with E-state index in [-0.39, 0.29) is 23.3 Å². The Kier molecular flexibility index (Phi) is 5.51. The van der Waals surface area contributed by atoms with Crippen LogP contribution >= 0.6 is 0 Å². The summed E-state index contributed by atoms with van der Waals surface area (Å²) in [6, 6.07) is 16.5. The Balaban J connectivity index is 1.75. The number of hydrogen-bond donors (Lipinski definition) is 0.